The molecule has 1 amide bonds. The zero-order chi connectivity index (χ0) is 25.1. The van der Waals surface area contributed by atoms with E-state index in [1.807, 2.05) is 79.3 Å². The van der Waals surface area contributed by atoms with E-state index < -0.39 is 0 Å². The van der Waals surface area contributed by atoms with Gasteiger partial charge in [0, 0.05) is 17.3 Å². The van der Waals surface area contributed by atoms with Gasteiger partial charge in [-0.15, -0.1) is 0 Å². The van der Waals surface area contributed by atoms with Gasteiger partial charge >= 0.3 is 0 Å². The second-order valence-electron chi connectivity index (χ2n) is 8.47. The van der Waals surface area contributed by atoms with Gasteiger partial charge in [-0.05, 0) is 68.3 Å². The number of nitrogens with zero attached hydrogens (tertiary/aromatic N) is 5. The molecule has 0 aliphatic carbocycles. The van der Waals surface area contributed by atoms with Crippen molar-refractivity contribution in [2.24, 2.45) is 0 Å². The molecule has 0 bridgehead atoms. The van der Waals surface area contributed by atoms with Gasteiger partial charge in [-0.25, -0.2) is 4.98 Å². The van der Waals surface area contributed by atoms with Crippen LogP contribution in [0.15, 0.2) is 67.2 Å². The van der Waals surface area contributed by atoms with Gasteiger partial charge in [-0.3, -0.25) is 18.9 Å². The average molecular weight is 481 g/mol. The van der Waals surface area contributed by atoms with Crippen molar-refractivity contribution < 1.29 is 9.53 Å². The summed E-state index contributed by atoms with van der Waals surface area (Å²) in [7, 11) is 0. The number of hydrogen-bond acceptors (Lipinski definition) is 5. The van der Waals surface area contributed by atoms with Crippen LogP contribution in [0.4, 0.5) is 5.69 Å². The molecule has 0 spiro atoms. The Hall–Kier alpha value is -4.46. The standard InChI is InChI=1S/C28H28N6O2/c1-4-22-27-23(10-7-11-24(27)34(32-22)18-21-9-6-8-19(3)30-21)31-28(35)25-17-29-26-16-20(12-14-33(25)26)13-15-36-5-2/h6-17H,4-5,18H2,1-3H3,(H,31,35). The number of amides is 1. The minimum absolute atomic E-state index is 0.234. The van der Waals surface area contributed by atoms with Gasteiger partial charge in [0.25, 0.3) is 5.91 Å². The minimum atomic E-state index is -0.234. The Morgan fingerprint density at radius 2 is 2.00 bits per heavy atom. The number of pyridine rings is 2. The number of benzene rings is 1. The molecule has 0 radical (unpaired) electrons. The molecule has 4 heterocycles. The summed E-state index contributed by atoms with van der Waals surface area (Å²) < 4.78 is 9.01. The first-order valence-electron chi connectivity index (χ1n) is 12.0. The van der Waals surface area contributed by atoms with Crippen LogP contribution in [0.25, 0.3) is 22.6 Å². The zero-order valence-electron chi connectivity index (χ0n) is 20.6. The maximum atomic E-state index is 13.3. The number of imidazole rings is 1. The first-order chi connectivity index (χ1) is 17.6. The summed E-state index contributed by atoms with van der Waals surface area (Å²) in [5.74, 6) is -0.234. The van der Waals surface area contributed by atoms with Crippen LogP contribution in [-0.2, 0) is 17.7 Å². The first kappa shape index (κ1) is 23.3. The molecule has 0 saturated heterocycles. The van der Waals surface area contributed by atoms with Gasteiger partial charge in [0.15, 0.2) is 0 Å². The number of carbonyl (C=O) groups excluding carboxylic acids is 1. The van der Waals surface area contributed by atoms with Crippen molar-refractivity contribution in [3.63, 3.8) is 0 Å². The van der Waals surface area contributed by atoms with Crippen molar-refractivity contribution in [3.05, 3.63) is 95.5 Å². The Labute approximate surface area is 209 Å². The van der Waals surface area contributed by atoms with Gasteiger partial charge in [0.05, 0.1) is 48.2 Å². The average Bonchev–Trinajstić information content (AvgIpc) is 3.46. The topological polar surface area (TPSA) is 86.3 Å². The highest BCUT2D eigenvalue weighted by atomic mass is 16.5. The van der Waals surface area contributed by atoms with Crippen LogP contribution >= 0.6 is 0 Å². The molecule has 0 aliphatic rings. The molecule has 4 aromatic heterocycles. The lowest BCUT2D eigenvalue weighted by molar-refractivity contribution is 0.102. The maximum Gasteiger partial charge on any atom is 0.274 e. The van der Waals surface area contributed by atoms with Gasteiger partial charge in [0.2, 0.25) is 0 Å². The molecular weight excluding hydrogens is 452 g/mol. The molecule has 182 valence electrons. The molecule has 8 heteroatoms. The predicted octanol–water partition coefficient (Wildman–Crippen LogP) is 5.26. The largest absolute Gasteiger partial charge is 0.501 e. The van der Waals surface area contributed by atoms with E-state index in [1.54, 1.807) is 16.9 Å². The van der Waals surface area contributed by atoms with Crippen LogP contribution in [-0.4, -0.2) is 36.7 Å². The van der Waals surface area contributed by atoms with Gasteiger partial charge in [-0.1, -0.05) is 19.1 Å². The second kappa shape index (κ2) is 10.0. The molecule has 1 N–H and O–H groups in total. The molecule has 1 aromatic carbocycles. The normalized spacial score (nSPS) is 11.5. The monoisotopic (exact) mass is 480 g/mol. The fraction of sp³-hybridized carbons (Fsp3) is 0.214. The summed E-state index contributed by atoms with van der Waals surface area (Å²) in [6.07, 6.45) is 7.70. The van der Waals surface area contributed by atoms with E-state index in [-0.39, 0.29) is 5.91 Å². The fourth-order valence-corrected chi connectivity index (χ4v) is 4.30. The van der Waals surface area contributed by atoms with E-state index >= 15 is 0 Å². The Morgan fingerprint density at radius 1 is 1.14 bits per heavy atom. The lowest BCUT2D eigenvalue weighted by Crippen LogP contribution is -2.14. The molecule has 0 unspecified atom stereocenters. The number of rotatable bonds is 8. The van der Waals surface area contributed by atoms with Crippen LogP contribution in [0.2, 0.25) is 0 Å². The second-order valence-corrected chi connectivity index (χ2v) is 8.47. The summed E-state index contributed by atoms with van der Waals surface area (Å²) >= 11 is 0. The lowest BCUT2D eigenvalue weighted by Gasteiger charge is -2.08. The molecule has 5 rings (SSSR count). The Bertz CT molecular complexity index is 1580. The fourth-order valence-electron chi connectivity index (χ4n) is 4.30. The quantitative estimate of drug-likeness (QED) is 0.306. The van der Waals surface area contributed by atoms with Crippen molar-refractivity contribution >= 4 is 34.2 Å². The Balaban J connectivity index is 1.45. The molecule has 0 atom stereocenters. The van der Waals surface area contributed by atoms with E-state index in [0.717, 1.165) is 45.7 Å². The van der Waals surface area contributed by atoms with E-state index in [4.69, 9.17) is 9.84 Å². The first-order valence-corrected chi connectivity index (χ1v) is 12.0. The predicted molar refractivity (Wildman–Crippen MR) is 141 cm³/mol. The summed E-state index contributed by atoms with van der Waals surface area (Å²) in [5.41, 5.74) is 6.61. The third-order valence-corrected chi connectivity index (χ3v) is 5.98. The van der Waals surface area contributed by atoms with Gasteiger partial charge < -0.3 is 10.1 Å². The number of ether oxygens (including phenoxy) is 1. The molecule has 0 saturated carbocycles. The van der Waals surface area contributed by atoms with Crippen LogP contribution in [0.3, 0.4) is 0 Å². The highest BCUT2D eigenvalue weighted by molar-refractivity contribution is 6.08. The van der Waals surface area contributed by atoms with E-state index in [9.17, 15) is 4.79 Å². The zero-order valence-corrected chi connectivity index (χ0v) is 20.6. The minimum Gasteiger partial charge on any atom is -0.501 e. The summed E-state index contributed by atoms with van der Waals surface area (Å²) in [5, 5.41) is 8.88. The number of nitrogens with one attached hydrogen (secondary N) is 1. The Kier molecular flexibility index (Phi) is 6.49. The summed E-state index contributed by atoms with van der Waals surface area (Å²) in [4.78, 5) is 22.4. The Morgan fingerprint density at radius 3 is 2.81 bits per heavy atom. The summed E-state index contributed by atoms with van der Waals surface area (Å²) in [6.45, 7) is 7.15. The number of aryl methyl sites for hydroxylation is 2. The SMILES string of the molecule is CCOC=Cc1ccn2c(C(=O)Nc3cccc4c3c(CC)nn4Cc3cccc(C)n3)cnc2c1. The van der Waals surface area contributed by atoms with E-state index in [1.165, 1.54) is 0 Å². The third-order valence-electron chi connectivity index (χ3n) is 5.98. The highest BCUT2D eigenvalue weighted by Crippen LogP contribution is 2.28. The molecule has 8 nitrogen and oxygen atoms in total. The van der Waals surface area contributed by atoms with Crippen LogP contribution < -0.4 is 5.32 Å². The number of aromatic nitrogens is 5. The molecule has 5 aromatic rings. The van der Waals surface area contributed by atoms with Crippen molar-refractivity contribution in [1.82, 2.24) is 24.1 Å². The third kappa shape index (κ3) is 4.57. The highest BCUT2D eigenvalue weighted by Gasteiger charge is 2.18. The van der Waals surface area contributed by atoms with Crippen LogP contribution in [0, 0.1) is 6.92 Å². The molecule has 0 fully saturated rings. The molecular formula is C28H28N6O2. The van der Waals surface area contributed by atoms with Crippen LogP contribution in [0.5, 0.6) is 0 Å². The van der Waals surface area contributed by atoms with Gasteiger partial charge in [0.1, 0.15) is 11.3 Å². The van der Waals surface area contributed by atoms with Crippen LogP contribution in [0.1, 0.15) is 47.0 Å². The van der Waals surface area contributed by atoms with Crippen molar-refractivity contribution in [2.45, 2.75) is 33.7 Å². The smallest absolute Gasteiger partial charge is 0.274 e. The van der Waals surface area contributed by atoms with E-state index in [2.05, 4.69) is 22.2 Å². The van der Waals surface area contributed by atoms with Crippen molar-refractivity contribution in [1.29, 1.82) is 0 Å². The van der Waals surface area contributed by atoms with Crippen molar-refractivity contribution in [3.8, 4) is 0 Å². The van der Waals surface area contributed by atoms with Gasteiger partial charge in [-0.2, -0.15) is 5.10 Å². The molecule has 0 aliphatic heterocycles. The summed E-state index contributed by atoms with van der Waals surface area (Å²) in [6, 6.07) is 15.7. The molecule has 36 heavy (non-hydrogen) atoms. The number of anilines is 1. The van der Waals surface area contributed by atoms with E-state index in [0.29, 0.717) is 24.5 Å². The van der Waals surface area contributed by atoms with Crippen molar-refractivity contribution in [2.75, 3.05) is 11.9 Å². The number of carbonyl (C=O) groups is 1. The lowest BCUT2D eigenvalue weighted by atomic mass is 10.1. The number of hydrogen-bond donors (Lipinski definition) is 1. The maximum absolute atomic E-state index is 13.3. The number of fused-ring (bicyclic) bond motifs is 2.